The minimum atomic E-state index is -0.730. The maximum atomic E-state index is 10.3. The number of aliphatic carboxylic acids is 1. The van der Waals surface area contributed by atoms with E-state index in [2.05, 4.69) is 29.6 Å². The summed E-state index contributed by atoms with van der Waals surface area (Å²) in [6.07, 6.45) is 2.47. The maximum Gasteiger partial charge on any atom is 0.304 e. The van der Waals surface area contributed by atoms with Crippen molar-refractivity contribution in [2.24, 2.45) is 0 Å². The normalized spacial score (nSPS) is 23.8. The van der Waals surface area contributed by atoms with Gasteiger partial charge in [0.2, 0.25) is 0 Å². The van der Waals surface area contributed by atoms with Crippen LogP contribution in [0.2, 0.25) is 0 Å². The van der Waals surface area contributed by atoms with Crippen molar-refractivity contribution in [3.8, 4) is 0 Å². The first-order chi connectivity index (χ1) is 7.75. The van der Waals surface area contributed by atoms with Crippen LogP contribution in [0.5, 0.6) is 0 Å². The van der Waals surface area contributed by atoms with Gasteiger partial charge in [0.25, 0.3) is 0 Å². The lowest BCUT2D eigenvalue weighted by Gasteiger charge is -2.36. The average Bonchev–Trinajstić information content (AvgIpc) is 2.22. The summed E-state index contributed by atoms with van der Waals surface area (Å²) >= 11 is 0. The largest absolute Gasteiger partial charge is 0.481 e. The Balaban J connectivity index is 1.68. The summed E-state index contributed by atoms with van der Waals surface area (Å²) in [7, 11) is 0. The van der Waals surface area contributed by atoms with Crippen molar-refractivity contribution >= 4 is 5.97 Å². The third-order valence-corrected chi connectivity index (χ3v) is 3.18. The fourth-order valence-corrected chi connectivity index (χ4v) is 2.17. The van der Waals surface area contributed by atoms with Gasteiger partial charge in [0.1, 0.15) is 0 Å². The molecule has 0 spiro atoms. The third-order valence-electron chi connectivity index (χ3n) is 3.18. The molecule has 3 nitrogen and oxygen atoms in total. The van der Waals surface area contributed by atoms with Crippen LogP contribution < -0.4 is 5.32 Å². The molecule has 0 bridgehead atoms. The van der Waals surface area contributed by atoms with Gasteiger partial charge in [0.15, 0.2) is 0 Å². The van der Waals surface area contributed by atoms with Crippen LogP contribution in [0.25, 0.3) is 0 Å². The van der Waals surface area contributed by atoms with Crippen LogP contribution in [0.4, 0.5) is 0 Å². The zero-order chi connectivity index (χ0) is 11.4. The molecule has 1 aliphatic carbocycles. The Bertz CT molecular complexity index is 344. The van der Waals surface area contributed by atoms with E-state index in [-0.39, 0.29) is 6.42 Å². The van der Waals surface area contributed by atoms with Crippen LogP contribution in [0.3, 0.4) is 0 Å². The van der Waals surface area contributed by atoms with Crippen LogP contribution >= 0.6 is 0 Å². The van der Waals surface area contributed by atoms with Gasteiger partial charge in [-0.15, -0.1) is 0 Å². The topological polar surface area (TPSA) is 49.3 Å². The molecule has 0 atom stereocenters. The Morgan fingerprint density at radius 2 is 2.00 bits per heavy atom. The summed E-state index contributed by atoms with van der Waals surface area (Å²) in [5.41, 5.74) is 1.40. The van der Waals surface area contributed by atoms with Crippen molar-refractivity contribution < 1.29 is 9.90 Å². The highest BCUT2D eigenvalue weighted by molar-refractivity contribution is 5.66. The van der Waals surface area contributed by atoms with Gasteiger partial charge >= 0.3 is 5.97 Å². The standard InChI is InChI=1S/C13H17NO2/c15-13(16)6-7-14-12-8-11(9-12)10-4-2-1-3-5-10/h1-5,11-12,14H,6-9H2,(H,15,16). The zero-order valence-corrected chi connectivity index (χ0v) is 9.23. The van der Waals surface area contributed by atoms with Crippen molar-refractivity contribution in [2.75, 3.05) is 6.54 Å². The molecule has 0 unspecified atom stereocenters. The van der Waals surface area contributed by atoms with E-state index in [4.69, 9.17) is 5.11 Å². The lowest BCUT2D eigenvalue weighted by Crippen LogP contribution is -2.40. The lowest BCUT2D eigenvalue weighted by molar-refractivity contribution is -0.136. The fraction of sp³-hybridized carbons (Fsp3) is 0.462. The number of rotatable bonds is 5. The highest BCUT2D eigenvalue weighted by atomic mass is 16.4. The number of carbonyl (C=O) groups is 1. The van der Waals surface area contributed by atoms with Gasteiger partial charge in [-0.3, -0.25) is 4.79 Å². The first-order valence-corrected chi connectivity index (χ1v) is 5.76. The summed E-state index contributed by atoms with van der Waals surface area (Å²) in [5.74, 6) is -0.0741. The van der Waals surface area contributed by atoms with E-state index < -0.39 is 5.97 Å². The number of benzene rings is 1. The molecule has 0 saturated heterocycles. The first-order valence-electron chi connectivity index (χ1n) is 5.76. The molecule has 0 amide bonds. The number of hydrogen-bond acceptors (Lipinski definition) is 2. The smallest absolute Gasteiger partial charge is 0.304 e. The Hall–Kier alpha value is -1.35. The predicted molar refractivity (Wildman–Crippen MR) is 62.5 cm³/mol. The van der Waals surface area contributed by atoms with Crippen LogP contribution in [-0.2, 0) is 4.79 Å². The van der Waals surface area contributed by atoms with E-state index in [0.29, 0.717) is 18.5 Å². The molecular weight excluding hydrogens is 202 g/mol. The first kappa shape index (κ1) is 11.1. The molecule has 1 aliphatic rings. The SMILES string of the molecule is O=C(O)CCNC1CC(c2ccccc2)C1. The van der Waals surface area contributed by atoms with Crippen molar-refractivity contribution in [3.63, 3.8) is 0 Å². The molecule has 16 heavy (non-hydrogen) atoms. The second-order valence-electron chi connectivity index (χ2n) is 4.37. The van der Waals surface area contributed by atoms with Gasteiger partial charge < -0.3 is 10.4 Å². The van der Waals surface area contributed by atoms with Crippen molar-refractivity contribution in [1.29, 1.82) is 0 Å². The molecule has 1 aromatic rings. The van der Waals surface area contributed by atoms with E-state index in [1.807, 2.05) is 6.07 Å². The molecule has 1 aromatic carbocycles. The van der Waals surface area contributed by atoms with Crippen LogP contribution in [-0.4, -0.2) is 23.7 Å². The van der Waals surface area contributed by atoms with Gasteiger partial charge in [-0.2, -0.15) is 0 Å². The van der Waals surface area contributed by atoms with Gasteiger partial charge in [-0.05, 0) is 24.3 Å². The number of carboxylic acid groups (broad SMARTS) is 1. The Labute approximate surface area is 95.5 Å². The summed E-state index contributed by atoms with van der Waals surface area (Å²) in [4.78, 5) is 10.3. The summed E-state index contributed by atoms with van der Waals surface area (Å²) in [5, 5.41) is 11.8. The Morgan fingerprint density at radius 1 is 1.31 bits per heavy atom. The van der Waals surface area contributed by atoms with E-state index in [1.165, 1.54) is 5.56 Å². The third kappa shape index (κ3) is 2.83. The molecule has 0 radical (unpaired) electrons. The van der Waals surface area contributed by atoms with Crippen molar-refractivity contribution in [1.82, 2.24) is 5.32 Å². The summed E-state index contributed by atoms with van der Waals surface area (Å²) < 4.78 is 0. The molecule has 0 aromatic heterocycles. The molecule has 2 N–H and O–H groups in total. The monoisotopic (exact) mass is 219 g/mol. The van der Waals surface area contributed by atoms with Crippen LogP contribution in [0.15, 0.2) is 30.3 Å². The highest BCUT2D eigenvalue weighted by Gasteiger charge is 2.29. The second kappa shape index (κ2) is 5.12. The van der Waals surface area contributed by atoms with Gasteiger partial charge in [-0.1, -0.05) is 30.3 Å². The molecule has 1 fully saturated rings. The number of nitrogens with one attached hydrogen (secondary N) is 1. The fourth-order valence-electron chi connectivity index (χ4n) is 2.17. The van der Waals surface area contributed by atoms with Crippen molar-refractivity contribution in [3.05, 3.63) is 35.9 Å². The van der Waals surface area contributed by atoms with Gasteiger partial charge in [-0.25, -0.2) is 0 Å². The van der Waals surface area contributed by atoms with E-state index in [1.54, 1.807) is 0 Å². The summed E-state index contributed by atoms with van der Waals surface area (Å²) in [6.45, 7) is 0.585. The van der Waals surface area contributed by atoms with E-state index >= 15 is 0 Å². The number of carboxylic acids is 1. The average molecular weight is 219 g/mol. The lowest BCUT2D eigenvalue weighted by atomic mass is 9.76. The van der Waals surface area contributed by atoms with Crippen molar-refractivity contribution in [2.45, 2.75) is 31.2 Å². The zero-order valence-electron chi connectivity index (χ0n) is 9.23. The molecular formula is C13H17NO2. The maximum absolute atomic E-state index is 10.3. The Morgan fingerprint density at radius 3 is 2.62 bits per heavy atom. The molecule has 1 saturated carbocycles. The molecule has 0 aliphatic heterocycles. The highest BCUT2D eigenvalue weighted by Crippen LogP contribution is 2.36. The minimum absolute atomic E-state index is 0.215. The summed E-state index contributed by atoms with van der Waals surface area (Å²) in [6, 6.07) is 11.0. The second-order valence-corrected chi connectivity index (χ2v) is 4.37. The molecule has 3 heteroatoms. The van der Waals surface area contributed by atoms with Crippen LogP contribution in [0.1, 0.15) is 30.7 Å². The molecule has 2 rings (SSSR count). The molecule has 0 heterocycles. The van der Waals surface area contributed by atoms with E-state index in [0.717, 1.165) is 12.8 Å². The van der Waals surface area contributed by atoms with E-state index in [9.17, 15) is 4.79 Å². The Kier molecular flexibility index (Phi) is 3.57. The number of hydrogen-bond donors (Lipinski definition) is 2. The van der Waals surface area contributed by atoms with Gasteiger partial charge in [0, 0.05) is 12.6 Å². The predicted octanol–water partition coefficient (Wildman–Crippen LogP) is 2.00. The quantitative estimate of drug-likeness (QED) is 0.796. The van der Waals surface area contributed by atoms with Gasteiger partial charge in [0.05, 0.1) is 6.42 Å². The van der Waals surface area contributed by atoms with Crippen LogP contribution in [0, 0.1) is 0 Å². The molecule has 86 valence electrons. The minimum Gasteiger partial charge on any atom is -0.481 e.